The van der Waals surface area contributed by atoms with E-state index in [-0.39, 0.29) is 38.6 Å². The van der Waals surface area contributed by atoms with Gasteiger partial charge >= 0.3 is 19.8 Å². The fourth-order valence-electron chi connectivity index (χ4n) is 6.16. The van der Waals surface area contributed by atoms with Crippen LogP contribution < -0.4 is 5.73 Å². The molecule has 0 radical (unpaired) electrons. The maximum Gasteiger partial charge on any atom is 0.472 e. The summed E-state index contributed by atoms with van der Waals surface area (Å²) in [6.45, 7) is 3.73. The van der Waals surface area contributed by atoms with Gasteiger partial charge in [0.25, 0.3) is 0 Å². The first-order valence-electron chi connectivity index (χ1n) is 21.7. The standard InChI is InChI=1S/C42H82NO8P/c1-3-5-7-9-11-13-15-16-17-18-19-20-21-22-23-24-25-27-28-30-32-34-41(44)48-38-40(39-50-52(46,47)49-37-36-43)51-42(45)35-33-31-29-26-14-12-10-8-6-4-2/h16-17,40H,3-15,18-39,43H2,1-2H3,(H,46,47)/b17-16+/t40-/m0/s1. The fourth-order valence-corrected chi connectivity index (χ4v) is 6.92. The molecule has 308 valence electrons. The van der Waals surface area contributed by atoms with Crippen LogP contribution in [0.5, 0.6) is 0 Å². The summed E-state index contributed by atoms with van der Waals surface area (Å²) in [7, 11) is -4.37. The smallest absolute Gasteiger partial charge is 0.462 e. The third kappa shape index (κ3) is 38.5. The number of nitrogens with two attached hydrogens (primary N) is 1. The van der Waals surface area contributed by atoms with Gasteiger partial charge in [-0.15, -0.1) is 0 Å². The first-order valence-corrected chi connectivity index (χ1v) is 23.2. The summed E-state index contributed by atoms with van der Waals surface area (Å²) in [5.74, 6) is -0.822. The average Bonchev–Trinajstić information content (AvgIpc) is 3.13. The number of hydrogen-bond donors (Lipinski definition) is 2. The van der Waals surface area contributed by atoms with E-state index in [9.17, 15) is 19.0 Å². The van der Waals surface area contributed by atoms with Crippen LogP contribution in [0.15, 0.2) is 12.2 Å². The zero-order valence-electron chi connectivity index (χ0n) is 33.8. The maximum absolute atomic E-state index is 12.5. The highest BCUT2D eigenvalue weighted by molar-refractivity contribution is 7.47. The van der Waals surface area contributed by atoms with Gasteiger partial charge in [-0.25, -0.2) is 4.57 Å². The molecular weight excluding hydrogens is 677 g/mol. The van der Waals surface area contributed by atoms with Gasteiger partial charge in [0.15, 0.2) is 6.10 Å². The van der Waals surface area contributed by atoms with Crippen molar-refractivity contribution in [2.45, 2.75) is 219 Å². The Bertz CT molecular complexity index is 871. The normalized spacial score (nSPS) is 13.4. The molecule has 0 aliphatic heterocycles. The fraction of sp³-hybridized carbons (Fsp3) is 0.905. The molecule has 3 N–H and O–H groups in total. The zero-order valence-corrected chi connectivity index (χ0v) is 34.7. The summed E-state index contributed by atoms with van der Waals surface area (Å²) in [5.41, 5.74) is 5.34. The summed E-state index contributed by atoms with van der Waals surface area (Å²) in [6, 6.07) is 0. The number of rotatable bonds is 41. The van der Waals surface area contributed by atoms with Crippen LogP contribution >= 0.6 is 7.82 Å². The van der Waals surface area contributed by atoms with Crippen LogP contribution in [0.1, 0.15) is 213 Å². The third-order valence-corrected chi connectivity index (χ3v) is 10.4. The van der Waals surface area contributed by atoms with Gasteiger partial charge in [-0.2, -0.15) is 0 Å². The van der Waals surface area contributed by atoms with Crippen molar-refractivity contribution in [2.24, 2.45) is 5.73 Å². The van der Waals surface area contributed by atoms with Crippen molar-refractivity contribution in [3.05, 3.63) is 12.2 Å². The van der Waals surface area contributed by atoms with Gasteiger partial charge < -0.3 is 20.1 Å². The molecule has 9 nitrogen and oxygen atoms in total. The van der Waals surface area contributed by atoms with Crippen molar-refractivity contribution in [2.75, 3.05) is 26.4 Å². The van der Waals surface area contributed by atoms with Crippen molar-refractivity contribution in [3.63, 3.8) is 0 Å². The van der Waals surface area contributed by atoms with Gasteiger partial charge in [-0.3, -0.25) is 18.6 Å². The van der Waals surface area contributed by atoms with Crippen molar-refractivity contribution < 1.29 is 37.6 Å². The van der Waals surface area contributed by atoms with Crippen LogP contribution in [-0.4, -0.2) is 49.3 Å². The predicted molar refractivity (Wildman–Crippen MR) is 215 cm³/mol. The molecule has 52 heavy (non-hydrogen) atoms. The minimum atomic E-state index is -4.37. The Hall–Kier alpha value is -1.25. The average molecular weight is 760 g/mol. The molecule has 0 aromatic carbocycles. The van der Waals surface area contributed by atoms with Crippen molar-refractivity contribution in [1.29, 1.82) is 0 Å². The van der Waals surface area contributed by atoms with Crippen LogP contribution in [0, 0.1) is 0 Å². The first-order chi connectivity index (χ1) is 25.3. The number of ether oxygens (including phenoxy) is 2. The molecular formula is C42H82NO8P. The van der Waals surface area contributed by atoms with Crippen molar-refractivity contribution >= 4 is 19.8 Å². The molecule has 0 aliphatic rings. The highest BCUT2D eigenvalue weighted by Gasteiger charge is 2.26. The number of allylic oxidation sites excluding steroid dienone is 2. The molecule has 10 heteroatoms. The molecule has 0 bridgehead atoms. The Morgan fingerprint density at radius 2 is 0.942 bits per heavy atom. The Balaban J connectivity index is 4.02. The molecule has 2 atom stereocenters. The van der Waals surface area contributed by atoms with E-state index in [2.05, 4.69) is 26.0 Å². The van der Waals surface area contributed by atoms with Crippen molar-refractivity contribution in [1.82, 2.24) is 0 Å². The van der Waals surface area contributed by atoms with Crippen molar-refractivity contribution in [3.8, 4) is 0 Å². The minimum Gasteiger partial charge on any atom is -0.462 e. The summed E-state index contributed by atoms with van der Waals surface area (Å²) < 4.78 is 32.7. The zero-order chi connectivity index (χ0) is 38.2. The van der Waals surface area contributed by atoms with E-state index in [0.29, 0.717) is 6.42 Å². The van der Waals surface area contributed by atoms with Crippen LogP contribution in [0.4, 0.5) is 0 Å². The van der Waals surface area contributed by atoms with E-state index in [1.807, 2.05) is 0 Å². The minimum absolute atomic E-state index is 0.0562. The van der Waals surface area contributed by atoms with E-state index in [1.165, 1.54) is 148 Å². The Morgan fingerprint density at radius 3 is 1.37 bits per heavy atom. The highest BCUT2D eigenvalue weighted by Crippen LogP contribution is 2.43. The Labute approximate surface area is 319 Å². The lowest BCUT2D eigenvalue weighted by Crippen LogP contribution is -2.29. The summed E-state index contributed by atoms with van der Waals surface area (Å²) in [4.78, 5) is 34.8. The second-order valence-corrected chi connectivity index (χ2v) is 16.0. The second-order valence-electron chi connectivity index (χ2n) is 14.6. The van der Waals surface area contributed by atoms with Crippen LogP contribution in [0.3, 0.4) is 0 Å². The Kier molecular flexibility index (Phi) is 38.5. The van der Waals surface area contributed by atoms with E-state index in [0.717, 1.165) is 32.1 Å². The predicted octanol–water partition coefficient (Wildman–Crippen LogP) is 12.2. The molecule has 0 aliphatic carbocycles. The number of hydrogen-bond acceptors (Lipinski definition) is 8. The molecule has 0 amide bonds. The molecule has 0 spiro atoms. The SMILES string of the molecule is CCCCCCCC/C=C/CCCCCCCCCCCCCC(=O)OC[C@@H](COP(=O)(O)OCCN)OC(=O)CCCCCCCCCCCC. The molecule has 0 rings (SSSR count). The van der Waals surface area contributed by atoms with Gasteiger partial charge in [-0.05, 0) is 38.5 Å². The highest BCUT2D eigenvalue weighted by atomic mass is 31.2. The molecule has 0 aromatic rings. The molecule has 0 heterocycles. The molecule has 0 saturated heterocycles. The largest absolute Gasteiger partial charge is 0.472 e. The molecule has 1 unspecified atom stereocenters. The number of esters is 2. The van der Waals surface area contributed by atoms with Crippen LogP contribution in [-0.2, 0) is 32.7 Å². The van der Waals surface area contributed by atoms with Gasteiger partial charge in [0.05, 0.1) is 13.2 Å². The quantitative estimate of drug-likeness (QED) is 0.0270. The lowest BCUT2D eigenvalue weighted by Gasteiger charge is -2.19. The van der Waals surface area contributed by atoms with E-state index < -0.39 is 26.5 Å². The van der Waals surface area contributed by atoms with Gasteiger partial charge in [0.2, 0.25) is 0 Å². The van der Waals surface area contributed by atoms with E-state index >= 15 is 0 Å². The first kappa shape index (κ1) is 50.8. The van der Waals surface area contributed by atoms with Gasteiger partial charge in [-0.1, -0.05) is 174 Å². The summed E-state index contributed by atoms with van der Waals surface area (Å²) in [5, 5.41) is 0. The second kappa shape index (κ2) is 39.4. The lowest BCUT2D eigenvalue weighted by molar-refractivity contribution is -0.161. The van der Waals surface area contributed by atoms with E-state index in [4.69, 9.17) is 24.3 Å². The molecule has 0 saturated carbocycles. The number of phosphoric ester groups is 1. The summed E-state index contributed by atoms with van der Waals surface area (Å²) in [6.07, 6.45) is 39.6. The van der Waals surface area contributed by atoms with Gasteiger partial charge in [0.1, 0.15) is 6.61 Å². The lowest BCUT2D eigenvalue weighted by atomic mass is 10.0. The Morgan fingerprint density at radius 1 is 0.558 bits per heavy atom. The van der Waals surface area contributed by atoms with Crippen LogP contribution in [0.2, 0.25) is 0 Å². The topological polar surface area (TPSA) is 134 Å². The monoisotopic (exact) mass is 760 g/mol. The summed E-state index contributed by atoms with van der Waals surface area (Å²) >= 11 is 0. The number of unbranched alkanes of at least 4 members (excludes halogenated alkanes) is 26. The molecule has 0 fully saturated rings. The number of carbonyl (C=O) groups is 2. The van der Waals surface area contributed by atoms with Crippen LogP contribution in [0.25, 0.3) is 0 Å². The van der Waals surface area contributed by atoms with Gasteiger partial charge in [0, 0.05) is 19.4 Å². The van der Waals surface area contributed by atoms with E-state index in [1.54, 1.807) is 0 Å². The third-order valence-electron chi connectivity index (χ3n) is 9.40. The maximum atomic E-state index is 12.5. The number of phosphoric acid groups is 1. The number of carbonyl (C=O) groups excluding carboxylic acids is 2. The molecule has 0 aromatic heterocycles.